The molecule has 0 saturated carbocycles. The molecule has 0 rings (SSSR count). The van der Waals surface area contributed by atoms with Crippen molar-refractivity contribution < 1.29 is 0 Å². The zero-order valence-corrected chi connectivity index (χ0v) is 25.0. The van der Waals surface area contributed by atoms with Gasteiger partial charge in [0.1, 0.15) is 0 Å². The van der Waals surface area contributed by atoms with Crippen molar-refractivity contribution >= 4 is 0 Å². The average Bonchev–Trinajstić information content (AvgIpc) is 2.85. The van der Waals surface area contributed by atoms with Gasteiger partial charge >= 0.3 is 0 Å². The van der Waals surface area contributed by atoms with E-state index >= 15 is 0 Å². The first-order valence-electron chi connectivity index (χ1n) is 16.2. The first kappa shape index (κ1) is 34.4. The van der Waals surface area contributed by atoms with Crippen LogP contribution in [-0.2, 0) is 0 Å². The lowest BCUT2D eigenvalue weighted by molar-refractivity contribution is 0.251. The molecule has 35 heavy (non-hydrogen) atoms. The van der Waals surface area contributed by atoms with Crippen molar-refractivity contribution in [3.8, 4) is 0 Å². The quantitative estimate of drug-likeness (QED) is 0.0780. The van der Waals surface area contributed by atoms with Gasteiger partial charge < -0.3 is 4.90 Å². The lowest BCUT2D eigenvalue weighted by Crippen LogP contribution is -2.27. The fourth-order valence-electron chi connectivity index (χ4n) is 5.07. The Morgan fingerprint density at radius 3 is 1.14 bits per heavy atom. The van der Waals surface area contributed by atoms with Gasteiger partial charge in [-0.2, -0.15) is 0 Å². The first-order chi connectivity index (χ1) is 17.2. The summed E-state index contributed by atoms with van der Waals surface area (Å²) in [6.07, 6.45) is 44.4. The summed E-state index contributed by atoms with van der Waals surface area (Å²) in [4.78, 5) is 2.48. The summed E-state index contributed by atoms with van der Waals surface area (Å²) in [7, 11) is 4.57. The van der Waals surface area contributed by atoms with E-state index in [2.05, 4.69) is 57.1 Å². The highest BCUT2D eigenvalue weighted by Crippen LogP contribution is 2.17. The zero-order chi connectivity index (χ0) is 25.7. The van der Waals surface area contributed by atoms with Crippen LogP contribution in [0.2, 0.25) is 0 Å². The van der Waals surface area contributed by atoms with Crippen molar-refractivity contribution in [3.63, 3.8) is 0 Å². The standard InChI is InChI=1S/C34H67N/c1-5-7-9-11-13-14-15-16-17-18-19-20-21-22-23-24-25-26-27-29-31-33-34(35(3)4)32-30-28-12-10-8-6-2/h15-16,18-19,34H,5-14,17,20-33H2,1-4H3/b16-15-,19-18-. The molecule has 0 heterocycles. The maximum atomic E-state index is 2.48. The third kappa shape index (κ3) is 27.9. The van der Waals surface area contributed by atoms with E-state index in [4.69, 9.17) is 0 Å². The summed E-state index contributed by atoms with van der Waals surface area (Å²) in [6.45, 7) is 4.59. The molecular formula is C34H67N. The number of rotatable bonds is 28. The van der Waals surface area contributed by atoms with E-state index in [0.29, 0.717) is 0 Å². The smallest absolute Gasteiger partial charge is 0.00891 e. The third-order valence-electron chi connectivity index (χ3n) is 7.61. The van der Waals surface area contributed by atoms with Gasteiger partial charge in [-0.3, -0.25) is 0 Å². The molecule has 1 heteroatoms. The van der Waals surface area contributed by atoms with Crippen molar-refractivity contribution in [1.29, 1.82) is 0 Å². The number of nitrogens with zero attached hydrogens (tertiary/aromatic N) is 1. The van der Waals surface area contributed by atoms with Crippen LogP contribution in [-0.4, -0.2) is 25.0 Å². The van der Waals surface area contributed by atoms with Gasteiger partial charge in [-0.05, 0) is 59.0 Å². The van der Waals surface area contributed by atoms with E-state index in [0.717, 1.165) is 12.5 Å². The molecule has 0 N–H and O–H groups in total. The summed E-state index contributed by atoms with van der Waals surface area (Å²) in [5.41, 5.74) is 0. The maximum absolute atomic E-state index is 2.48. The lowest BCUT2D eigenvalue weighted by Gasteiger charge is -2.24. The second-order valence-corrected chi connectivity index (χ2v) is 11.3. The Morgan fingerprint density at radius 1 is 0.429 bits per heavy atom. The predicted octanol–water partition coefficient (Wildman–Crippen LogP) is 11.8. The minimum atomic E-state index is 0.812. The first-order valence-corrected chi connectivity index (χ1v) is 16.2. The van der Waals surface area contributed by atoms with Gasteiger partial charge in [0.2, 0.25) is 0 Å². The highest BCUT2D eigenvalue weighted by Gasteiger charge is 2.10. The molecule has 0 aromatic carbocycles. The van der Waals surface area contributed by atoms with Gasteiger partial charge in [0.05, 0.1) is 0 Å². The van der Waals surface area contributed by atoms with Crippen LogP contribution in [0.1, 0.15) is 174 Å². The summed E-state index contributed by atoms with van der Waals surface area (Å²) in [5, 5.41) is 0. The van der Waals surface area contributed by atoms with E-state index in [-0.39, 0.29) is 0 Å². The molecule has 208 valence electrons. The van der Waals surface area contributed by atoms with Crippen LogP contribution in [0.5, 0.6) is 0 Å². The van der Waals surface area contributed by atoms with Gasteiger partial charge in [0.25, 0.3) is 0 Å². The van der Waals surface area contributed by atoms with Gasteiger partial charge in [0, 0.05) is 6.04 Å². The molecule has 0 aliphatic heterocycles. The molecule has 0 bridgehead atoms. The highest BCUT2D eigenvalue weighted by molar-refractivity contribution is 4.92. The van der Waals surface area contributed by atoms with Gasteiger partial charge in [0.15, 0.2) is 0 Å². The van der Waals surface area contributed by atoms with Crippen molar-refractivity contribution in [3.05, 3.63) is 24.3 Å². The Labute approximate surface area is 223 Å². The fourth-order valence-corrected chi connectivity index (χ4v) is 5.07. The number of unbranched alkanes of at least 4 members (excludes halogenated alkanes) is 19. The Kier molecular flexibility index (Phi) is 29.2. The molecule has 1 unspecified atom stereocenters. The maximum Gasteiger partial charge on any atom is 0.00891 e. The Morgan fingerprint density at radius 2 is 0.771 bits per heavy atom. The highest BCUT2D eigenvalue weighted by atomic mass is 15.1. The van der Waals surface area contributed by atoms with Crippen LogP contribution < -0.4 is 0 Å². The fraction of sp³-hybridized carbons (Fsp3) is 0.882. The molecule has 0 spiro atoms. The largest absolute Gasteiger partial charge is 0.306 e. The van der Waals surface area contributed by atoms with Crippen molar-refractivity contribution in [1.82, 2.24) is 4.90 Å². The number of allylic oxidation sites excluding steroid dienone is 4. The lowest BCUT2D eigenvalue weighted by atomic mass is 9.99. The van der Waals surface area contributed by atoms with Crippen molar-refractivity contribution in [2.75, 3.05) is 14.1 Å². The molecule has 0 amide bonds. The topological polar surface area (TPSA) is 3.24 Å². The van der Waals surface area contributed by atoms with Gasteiger partial charge in [-0.15, -0.1) is 0 Å². The Bertz CT molecular complexity index is 436. The van der Waals surface area contributed by atoms with E-state index in [1.165, 1.54) is 154 Å². The molecule has 1 nitrogen and oxygen atoms in total. The van der Waals surface area contributed by atoms with Gasteiger partial charge in [-0.25, -0.2) is 0 Å². The SMILES string of the molecule is CCCCCCC/C=C\C/C=C\CCCCCCCCCCCC(CCCCCCCC)N(C)C. The van der Waals surface area contributed by atoms with Crippen LogP contribution in [0, 0.1) is 0 Å². The van der Waals surface area contributed by atoms with E-state index in [9.17, 15) is 0 Å². The monoisotopic (exact) mass is 490 g/mol. The zero-order valence-electron chi connectivity index (χ0n) is 25.0. The molecule has 0 radical (unpaired) electrons. The molecule has 0 aromatic rings. The summed E-state index contributed by atoms with van der Waals surface area (Å²) in [6, 6.07) is 0.812. The molecule has 0 aromatic heterocycles. The summed E-state index contributed by atoms with van der Waals surface area (Å²) < 4.78 is 0. The normalized spacial score (nSPS) is 13.1. The minimum Gasteiger partial charge on any atom is -0.306 e. The van der Waals surface area contributed by atoms with E-state index < -0.39 is 0 Å². The second kappa shape index (κ2) is 29.7. The molecule has 0 aliphatic carbocycles. The van der Waals surface area contributed by atoms with E-state index in [1.807, 2.05) is 0 Å². The predicted molar refractivity (Wildman–Crippen MR) is 163 cm³/mol. The molecule has 0 fully saturated rings. The Balaban J connectivity index is 3.39. The Hall–Kier alpha value is -0.560. The van der Waals surface area contributed by atoms with Crippen molar-refractivity contribution in [2.45, 2.75) is 180 Å². The summed E-state index contributed by atoms with van der Waals surface area (Å²) >= 11 is 0. The molecule has 1 atom stereocenters. The number of hydrogen-bond acceptors (Lipinski definition) is 1. The third-order valence-corrected chi connectivity index (χ3v) is 7.61. The van der Waals surface area contributed by atoms with E-state index in [1.54, 1.807) is 0 Å². The number of hydrogen-bond donors (Lipinski definition) is 0. The summed E-state index contributed by atoms with van der Waals surface area (Å²) in [5.74, 6) is 0. The second-order valence-electron chi connectivity index (χ2n) is 11.3. The minimum absolute atomic E-state index is 0.812. The van der Waals surface area contributed by atoms with Crippen LogP contribution in [0.3, 0.4) is 0 Å². The van der Waals surface area contributed by atoms with Crippen LogP contribution in [0.15, 0.2) is 24.3 Å². The van der Waals surface area contributed by atoms with Crippen LogP contribution in [0.4, 0.5) is 0 Å². The van der Waals surface area contributed by atoms with Crippen molar-refractivity contribution in [2.24, 2.45) is 0 Å². The molecule has 0 saturated heterocycles. The average molecular weight is 490 g/mol. The molecule has 0 aliphatic rings. The van der Waals surface area contributed by atoms with Crippen LogP contribution in [0.25, 0.3) is 0 Å². The van der Waals surface area contributed by atoms with Crippen LogP contribution >= 0.6 is 0 Å². The van der Waals surface area contributed by atoms with Gasteiger partial charge in [-0.1, -0.05) is 154 Å². The molecular weight excluding hydrogens is 422 g/mol.